The molecule has 2 aliphatic heterocycles. The van der Waals surface area contributed by atoms with Crippen molar-refractivity contribution in [3.8, 4) is 11.5 Å². The van der Waals surface area contributed by atoms with Crippen LogP contribution in [0.2, 0.25) is 0 Å². The van der Waals surface area contributed by atoms with Gasteiger partial charge in [0, 0.05) is 37.8 Å². The summed E-state index contributed by atoms with van der Waals surface area (Å²) < 4.78 is 10.9. The molecule has 25 heavy (non-hydrogen) atoms. The Bertz CT molecular complexity index is 661. The predicted octanol–water partition coefficient (Wildman–Crippen LogP) is 2.67. The Labute approximate surface area is 148 Å². The van der Waals surface area contributed by atoms with Crippen LogP contribution in [0, 0.1) is 5.92 Å². The molecule has 0 spiro atoms. The third-order valence-electron chi connectivity index (χ3n) is 5.56. The van der Waals surface area contributed by atoms with E-state index < -0.39 is 0 Å². The van der Waals surface area contributed by atoms with Crippen LogP contribution in [-0.2, 0) is 4.74 Å². The first-order chi connectivity index (χ1) is 12.3. The van der Waals surface area contributed by atoms with Crippen LogP contribution < -0.4 is 4.90 Å². The highest BCUT2D eigenvalue weighted by Gasteiger charge is 2.29. The van der Waals surface area contributed by atoms with Crippen LogP contribution in [0.25, 0.3) is 11.5 Å². The van der Waals surface area contributed by atoms with Crippen LogP contribution in [0.1, 0.15) is 19.8 Å². The summed E-state index contributed by atoms with van der Waals surface area (Å²) in [6, 6.07) is 10.6. The van der Waals surface area contributed by atoms with Crippen LogP contribution in [-0.4, -0.2) is 60.5 Å². The zero-order valence-electron chi connectivity index (χ0n) is 14.8. The molecule has 6 nitrogen and oxygen atoms in total. The molecule has 2 saturated heterocycles. The Morgan fingerprint density at radius 3 is 2.48 bits per heavy atom. The first-order valence-electron chi connectivity index (χ1n) is 9.27. The lowest BCUT2D eigenvalue weighted by molar-refractivity contribution is 0.00445. The number of nitrogens with zero attached hydrogens (tertiary/aromatic N) is 4. The molecule has 2 fully saturated rings. The second kappa shape index (κ2) is 7.54. The molecule has 2 aromatic rings. The van der Waals surface area contributed by atoms with Crippen molar-refractivity contribution in [2.24, 2.45) is 5.92 Å². The molecule has 1 atom stereocenters. The number of morpholine rings is 1. The van der Waals surface area contributed by atoms with Gasteiger partial charge in [-0.1, -0.05) is 18.2 Å². The van der Waals surface area contributed by atoms with E-state index in [1.54, 1.807) is 0 Å². The lowest BCUT2D eigenvalue weighted by Crippen LogP contribution is -2.48. The summed E-state index contributed by atoms with van der Waals surface area (Å²) in [4.78, 5) is 9.41. The van der Waals surface area contributed by atoms with Gasteiger partial charge in [-0.15, -0.1) is 0 Å². The van der Waals surface area contributed by atoms with E-state index >= 15 is 0 Å². The van der Waals surface area contributed by atoms with Gasteiger partial charge >= 0.3 is 0 Å². The lowest BCUT2D eigenvalue weighted by atomic mass is 9.89. The van der Waals surface area contributed by atoms with Gasteiger partial charge in [-0.3, -0.25) is 4.90 Å². The Morgan fingerprint density at radius 2 is 1.76 bits per heavy atom. The summed E-state index contributed by atoms with van der Waals surface area (Å²) in [6.07, 6.45) is 2.35. The van der Waals surface area contributed by atoms with Crippen LogP contribution in [0.5, 0.6) is 0 Å². The molecule has 4 rings (SSSR count). The van der Waals surface area contributed by atoms with Gasteiger partial charge in [-0.05, 0) is 43.0 Å². The molecule has 0 saturated carbocycles. The van der Waals surface area contributed by atoms with E-state index in [4.69, 9.17) is 9.26 Å². The Balaban J connectivity index is 1.35. The van der Waals surface area contributed by atoms with Crippen molar-refractivity contribution in [3.05, 3.63) is 30.3 Å². The van der Waals surface area contributed by atoms with Gasteiger partial charge in [-0.2, -0.15) is 4.98 Å². The third kappa shape index (κ3) is 3.70. The number of anilines is 1. The second-order valence-electron chi connectivity index (χ2n) is 6.98. The first-order valence-corrected chi connectivity index (χ1v) is 9.27. The van der Waals surface area contributed by atoms with Gasteiger partial charge in [0.1, 0.15) is 0 Å². The van der Waals surface area contributed by atoms with Crippen LogP contribution in [0.15, 0.2) is 34.9 Å². The van der Waals surface area contributed by atoms with E-state index in [-0.39, 0.29) is 0 Å². The Kier molecular flexibility index (Phi) is 4.99. The van der Waals surface area contributed by atoms with Crippen LogP contribution in [0.4, 0.5) is 5.95 Å². The molecular weight excluding hydrogens is 316 g/mol. The average Bonchev–Trinajstić information content (AvgIpc) is 3.19. The molecule has 1 aromatic carbocycles. The fourth-order valence-electron chi connectivity index (χ4n) is 3.91. The monoisotopic (exact) mass is 342 g/mol. The van der Waals surface area contributed by atoms with Gasteiger partial charge in [-0.25, -0.2) is 0 Å². The van der Waals surface area contributed by atoms with Crippen molar-refractivity contribution < 1.29 is 9.26 Å². The molecule has 1 aromatic heterocycles. The smallest absolute Gasteiger partial charge is 0.266 e. The number of rotatable bonds is 4. The van der Waals surface area contributed by atoms with Crippen LogP contribution in [0.3, 0.4) is 0 Å². The van der Waals surface area contributed by atoms with Crippen molar-refractivity contribution in [3.63, 3.8) is 0 Å². The second-order valence-corrected chi connectivity index (χ2v) is 6.98. The summed E-state index contributed by atoms with van der Waals surface area (Å²) in [5, 5.41) is 4.19. The van der Waals surface area contributed by atoms with Gasteiger partial charge in [0.25, 0.3) is 11.8 Å². The molecule has 0 radical (unpaired) electrons. The van der Waals surface area contributed by atoms with E-state index in [0.29, 0.717) is 11.9 Å². The number of benzene rings is 1. The van der Waals surface area contributed by atoms with E-state index in [2.05, 4.69) is 26.9 Å². The average molecular weight is 342 g/mol. The maximum Gasteiger partial charge on any atom is 0.266 e. The molecule has 2 aliphatic rings. The van der Waals surface area contributed by atoms with Gasteiger partial charge in [0.15, 0.2) is 0 Å². The summed E-state index contributed by atoms with van der Waals surface area (Å²) in [7, 11) is 0. The van der Waals surface area contributed by atoms with Crippen molar-refractivity contribution in [2.45, 2.75) is 25.8 Å². The van der Waals surface area contributed by atoms with E-state index in [0.717, 1.165) is 56.8 Å². The fraction of sp³-hybridized carbons (Fsp3) is 0.579. The molecule has 0 amide bonds. The summed E-state index contributed by atoms with van der Waals surface area (Å²) in [6.45, 7) is 8.22. The summed E-state index contributed by atoms with van der Waals surface area (Å²) in [5.74, 6) is 2.05. The lowest BCUT2D eigenvalue weighted by Gasteiger charge is -2.40. The highest BCUT2D eigenvalue weighted by Crippen LogP contribution is 2.27. The fourth-order valence-corrected chi connectivity index (χ4v) is 3.91. The predicted molar refractivity (Wildman–Crippen MR) is 96.5 cm³/mol. The standard InChI is InChI=1S/C19H26N4O2/c1-15(22-11-13-24-14-12-22)16-7-9-23(10-8-16)19-20-18(25-21-19)17-5-3-2-4-6-17/h2-6,15-16H,7-14H2,1H3. The van der Waals surface area contributed by atoms with Gasteiger partial charge < -0.3 is 14.2 Å². The first kappa shape index (κ1) is 16.5. The van der Waals surface area contributed by atoms with Crippen molar-refractivity contribution in [2.75, 3.05) is 44.3 Å². The minimum absolute atomic E-state index is 0.597. The maximum atomic E-state index is 5.47. The molecule has 6 heteroatoms. The minimum atomic E-state index is 0.597. The van der Waals surface area contributed by atoms with Gasteiger partial charge in [0.2, 0.25) is 0 Å². The molecular formula is C19H26N4O2. The van der Waals surface area contributed by atoms with Gasteiger partial charge in [0.05, 0.1) is 13.2 Å². The normalized spacial score (nSPS) is 21.4. The number of aromatic nitrogens is 2. The molecule has 3 heterocycles. The molecule has 0 aliphatic carbocycles. The zero-order valence-corrected chi connectivity index (χ0v) is 14.8. The molecule has 1 unspecified atom stereocenters. The SMILES string of the molecule is CC(C1CCN(c2noc(-c3ccccc3)n2)CC1)N1CCOCC1. The largest absolute Gasteiger partial charge is 0.379 e. The number of hydrogen-bond acceptors (Lipinski definition) is 6. The molecule has 0 N–H and O–H groups in total. The minimum Gasteiger partial charge on any atom is -0.379 e. The quantitative estimate of drug-likeness (QED) is 0.851. The molecule has 0 bridgehead atoms. The Hall–Kier alpha value is -1.92. The maximum absolute atomic E-state index is 5.47. The number of hydrogen-bond donors (Lipinski definition) is 0. The van der Waals surface area contributed by atoms with Crippen molar-refractivity contribution in [1.29, 1.82) is 0 Å². The zero-order chi connectivity index (χ0) is 17.1. The van der Waals surface area contributed by atoms with E-state index in [1.807, 2.05) is 30.3 Å². The third-order valence-corrected chi connectivity index (χ3v) is 5.56. The number of piperidine rings is 1. The van der Waals surface area contributed by atoms with Crippen molar-refractivity contribution in [1.82, 2.24) is 15.0 Å². The topological polar surface area (TPSA) is 54.6 Å². The van der Waals surface area contributed by atoms with E-state index in [9.17, 15) is 0 Å². The molecule has 134 valence electrons. The number of ether oxygens (including phenoxy) is 1. The van der Waals surface area contributed by atoms with Crippen LogP contribution >= 0.6 is 0 Å². The summed E-state index contributed by atoms with van der Waals surface area (Å²) in [5.41, 5.74) is 0.970. The summed E-state index contributed by atoms with van der Waals surface area (Å²) >= 11 is 0. The van der Waals surface area contributed by atoms with E-state index in [1.165, 1.54) is 12.8 Å². The Morgan fingerprint density at radius 1 is 1.04 bits per heavy atom. The highest BCUT2D eigenvalue weighted by molar-refractivity contribution is 5.54. The van der Waals surface area contributed by atoms with Crippen molar-refractivity contribution >= 4 is 5.95 Å². The highest BCUT2D eigenvalue weighted by atomic mass is 16.5.